The maximum Gasteiger partial charge on any atom is 0.145 e. The number of rotatable bonds is 10. The van der Waals surface area contributed by atoms with Crippen LogP contribution in [0.4, 0.5) is 5.69 Å². The van der Waals surface area contributed by atoms with Gasteiger partial charge in [0.1, 0.15) is 23.9 Å². The van der Waals surface area contributed by atoms with E-state index in [0.717, 1.165) is 54.4 Å². The Kier molecular flexibility index (Phi) is 8.53. The molecule has 2 aliphatic heterocycles. The van der Waals surface area contributed by atoms with Gasteiger partial charge in [0.2, 0.25) is 0 Å². The fourth-order valence-corrected chi connectivity index (χ4v) is 5.02. The van der Waals surface area contributed by atoms with Crippen LogP contribution in [0.1, 0.15) is 23.5 Å². The molecule has 2 N–H and O–H groups in total. The zero-order valence-corrected chi connectivity index (χ0v) is 21.2. The second kappa shape index (κ2) is 12.4. The lowest BCUT2D eigenvalue weighted by atomic mass is 9.85. The number of hydrogen-bond donors (Lipinski definition) is 2. The van der Waals surface area contributed by atoms with Crippen LogP contribution in [-0.4, -0.2) is 68.8 Å². The van der Waals surface area contributed by atoms with Crippen molar-refractivity contribution in [2.75, 3.05) is 51.4 Å². The summed E-state index contributed by atoms with van der Waals surface area (Å²) in [5, 5.41) is 14.2. The minimum absolute atomic E-state index is 0.139. The summed E-state index contributed by atoms with van der Waals surface area (Å²) >= 11 is 0. The SMILES string of the molecule is COCCCN1CCOc2ccc(COC3CNCC(O)C3c3ccc(Oc4cccnc4)cc3)cc21. The summed E-state index contributed by atoms with van der Waals surface area (Å²) in [5.74, 6) is 2.18. The molecule has 196 valence electrons. The van der Waals surface area contributed by atoms with Gasteiger partial charge in [0, 0.05) is 45.5 Å². The summed E-state index contributed by atoms with van der Waals surface area (Å²) in [6, 6.07) is 17.8. The fourth-order valence-electron chi connectivity index (χ4n) is 5.02. The first-order chi connectivity index (χ1) is 18.2. The van der Waals surface area contributed by atoms with E-state index < -0.39 is 6.10 Å². The average Bonchev–Trinajstić information content (AvgIpc) is 2.93. The molecule has 0 bridgehead atoms. The Hall–Kier alpha value is -3.17. The summed E-state index contributed by atoms with van der Waals surface area (Å²) in [6.45, 7) is 4.88. The first-order valence-electron chi connectivity index (χ1n) is 12.9. The number of nitrogens with one attached hydrogen (secondary N) is 1. The number of nitrogens with zero attached hydrogens (tertiary/aromatic N) is 2. The van der Waals surface area contributed by atoms with Crippen LogP contribution in [0.5, 0.6) is 17.2 Å². The van der Waals surface area contributed by atoms with Crippen molar-refractivity contribution >= 4 is 5.69 Å². The maximum atomic E-state index is 10.9. The molecule has 37 heavy (non-hydrogen) atoms. The van der Waals surface area contributed by atoms with Crippen molar-refractivity contribution in [3.05, 3.63) is 78.1 Å². The van der Waals surface area contributed by atoms with Gasteiger partial charge in [0.15, 0.2) is 0 Å². The van der Waals surface area contributed by atoms with E-state index in [-0.39, 0.29) is 12.0 Å². The molecule has 1 fully saturated rings. The lowest BCUT2D eigenvalue weighted by Gasteiger charge is -2.36. The van der Waals surface area contributed by atoms with Crippen LogP contribution in [0.2, 0.25) is 0 Å². The predicted molar refractivity (Wildman–Crippen MR) is 142 cm³/mol. The molecule has 3 atom stereocenters. The zero-order chi connectivity index (χ0) is 25.5. The molecule has 0 saturated carbocycles. The van der Waals surface area contributed by atoms with Crippen molar-refractivity contribution in [1.29, 1.82) is 0 Å². The molecule has 3 heterocycles. The molecule has 0 amide bonds. The number of aliphatic hydroxyl groups excluding tert-OH is 1. The lowest BCUT2D eigenvalue weighted by molar-refractivity contribution is -0.0328. The van der Waals surface area contributed by atoms with E-state index in [0.29, 0.717) is 32.1 Å². The van der Waals surface area contributed by atoms with Gasteiger partial charge in [-0.05, 0) is 53.9 Å². The second-order valence-electron chi connectivity index (χ2n) is 9.44. The van der Waals surface area contributed by atoms with Gasteiger partial charge < -0.3 is 34.3 Å². The lowest BCUT2D eigenvalue weighted by Crippen LogP contribution is -2.49. The van der Waals surface area contributed by atoms with Crippen LogP contribution in [0.25, 0.3) is 0 Å². The monoisotopic (exact) mass is 505 g/mol. The molecule has 2 aliphatic rings. The van der Waals surface area contributed by atoms with Crippen molar-refractivity contribution in [3.8, 4) is 17.2 Å². The Bertz CT molecular complexity index is 1130. The second-order valence-corrected chi connectivity index (χ2v) is 9.44. The molecular weight excluding hydrogens is 470 g/mol. The molecule has 1 saturated heterocycles. The van der Waals surface area contributed by atoms with Gasteiger partial charge in [-0.1, -0.05) is 18.2 Å². The van der Waals surface area contributed by atoms with Crippen LogP contribution in [0, 0.1) is 0 Å². The molecule has 2 aromatic carbocycles. The summed E-state index contributed by atoms with van der Waals surface area (Å²) < 4.78 is 23.4. The van der Waals surface area contributed by atoms with E-state index in [1.165, 1.54) is 0 Å². The van der Waals surface area contributed by atoms with Crippen LogP contribution in [0.15, 0.2) is 67.0 Å². The number of benzene rings is 2. The number of methoxy groups -OCH3 is 1. The Balaban J connectivity index is 1.25. The first kappa shape index (κ1) is 25.5. The predicted octanol–water partition coefficient (Wildman–Crippen LogP) is 3.74. The quantitative estimate of drug-likeness (QED) is 0.403. The Morgan fingerprint density at radius 1 is 1.11 bits per heavy atom. The number of aliphatic hydroxyl groups is 1. The van der Waals surface area contributed by atoms with Crippen molar-refractivity contribution in [2.24, 2.45) is 0 Å². The van der Waals surface area contributed by atoms with Gasteiger partial charge in [-0.25, -0.2) is 0 Å². The van der Waals surface area contributed by atoms with Gasteiger partial charge in [0.25, 0.3) is 0 Å². The summed E-state index contributed by atoms with van der Waals surface area (Å²) in [7, 11) is 1.73. The fraction of sp³-hybridized carbons (Fsp3) is 0.414. The molecule has 8 nitrogen and oxygen atoms in total. The molecular formula is C29H35N3O5. The van der Waals surface area contributed by atoms with Gasteiger partial charge >= 0.3 is 0 Å². The first-order valence-corrected chi connectivity index (χ1v) is 12.9. The van der Waals surface area contributed by atoms with Crippen LogP contribution in [0.3, 0.4) is 0 Å². The number of pyridine rings is 1. The van der Waals surface area contributed by atoms with Crippen molar-refractivity contribution in [1.82, 2.24) is 10.3 Å². The third kappa shape index (κ3) is 6.40. The average molecular weight is 506 g/mol. The third-order valence-corrected chi connectivity index (χ3v) is 6.87. The van der Waals surface area contributed by atoms with Gasteiger partial charge in [-0.3, -0.25) is 4.98 Å². The van der Waals surface area contributed by atoms with Crippen LogP contribution >= 0.6 is 0 Å². The number of ether oxygens (including phenoxy) is 4. The Morgan fingerprint density at radius 2 is 2.00 bits per heavy atom. The van der Waals surface area contributed by atoms with E-state index >= 15 is 0 Å². The number of anilines is 1. The van der Waals surface area contributed by atoms with E-state index in [1.54, 1.807) is 19.5 Å². The number of fused-ring (bicyclic) bond motifs is 1. The van der Waals surface area contributed by atoms with Gasteiger partial charge in [-0.2, -0.15) is 0 Å². The third-order valence-electron chi connectivity index (χ3n) is 6.87. The number of aromatic nitrogens is 1. The molecule has 5 rings (SSSR count). The van der Waals surface area contributed by atoms with Crippen molar-refractivity contribution < 1.29 is 24.1 Å². The smallest absolute Gasteiger partial charge is 0.145 e. The highest BCUT2D eigenvalue weighted by Crippen LogP contribution is 2.34. The standard InChI is InChI=1S/C29H35N3O5/c1-34-14-3-12-32-13-15-35-27-10-5-21(16-25(27)32)20-36-28-19-31-18-26(33)29(28)22-6-8-23(9-7-22)37-24-4-2-11-30-17-24/h2,4-11,16-17,26,28-29,31,33H,3,12-15,18-20H2,1H3. The molecule has 0 radical (unpaired) electrons. The molecule has 1 aromatic heterocycles. The van der Waals surface area contributed by atoms with Crippen molar-refractivity contribution in [3.63, 3.8) is 0 Å². The van der Waals surface area contributed by atoms with E-state index in [4.69, 9.17) is 18.9 Å². The minimum atomic E-state index is -0.544. The summed E-state index contributed by atoms with van der Waals surface area (Å²) in [4.78, 5) is 6.44. The molecule has 0 aliphatic carbocycles. The largest absolute Gasteiger partial charge is 0.490 e. The Morgan fingerprint density at radius 3 is 2.81 bits per heavy atom. The molecule has 0 spiro atoms. The maximum absolute atomic E-state index is 10.9. The highest BCUT2D eigenvalue weighted by Gasteiger charge is 2.34. The Labute approximate surface area is 218 Å². The summed E-state index contributed by atoms with van der Waals surface area (Å²) in [5.41, 5.74) is 3.21. The zero-order valence-electron chi connectivity index (χ0n) is 21.2. The van der Waals surface area contributed by atoms with Crippen LogP contribution in [-0.2, 0) is 16.1 Å². The topological polar surface area (TPSA) is 85.3 Å². The number of piperidine rings is 1. The van der Waals surface area contributed by atoms with E-state index in [9.17, 15) is 5.11 Å². The van der Waals surface area contributed by atoms with E-state index in [1.807, 2.05) is 42.5 Å². The highest BCUT2D eigenvalue weighted by molar-refractivity contribution is 5.61. The molecule has 3 unspecified atom stereocenters. The molecule has 3 aromatic rings. The number of hydrogen-bond acceptors (Lipinski definition) is 8. The summed E-state index contributed by atoms with van der Waals surface area (Å²) in [6.07, 6.45) is 3.65. The van der Waals surface area contributed by atoms with Crippen LogP contribution < -0.4 is 19.7 Å². The highest BCUT2D eigenvalue weighted by atomic mass is 16.5. The van der Waals surface area contributed by atoms with Crippen molar-refractivity contribution in [2.45, 2.75) is 31.2 Å². The van der Waals surface area contributed by atoms with E-state index in [2.05, 4.69) is 27.3 Å². The minimum Gasteiger partial charge on any atom is -0.490 e. The van der Waals surface area contributed by atoms with Gasteiger partial charge in [-0.15, -0.1) is 0 Å². The van der Waals surface area contributed by atoms with Gasteiger partial charge in [0.05, 0.1) is 37.2 Å². The normalized spacial score (nSPS) is 21.2. The number of β-amino-alcohol motifs (C(OH)–C–C–N with tert-alkyl or cyclic N) is 1. The molecule has 8 heteroatoms.